The van der Waals surface area contributed by atoms with Gasteiger partial charge in [0.1, 0.15) is 30.3 Å². The van der Waals surface area contributed by atoms with Gasteiger partial charge >= 0.3 is 0 Å². The quantitative estimate of drug-likeness (QED) is 0.318. The summed E-state index contributed by atoms with van der Waals surface area (Å²) in [6.07, 6.45) is 2.78. The first kappa shape index (κ1) is 22.9. The molecule has 0 amide bonds. The number of carbonyl (C=O) groups is 1. The van der Waals surface area contributed by atoms with Crippen LogP contribution in [0.1, 0.15) is 12.5 Å². The maximum atomic E-state index is 13.5. The number of nitrogens with zero attached hydrogens (tertiary/aromatic N) is 2. The number of nitrogens with one attached hydrogen (secondary N) is 1. The summed E-state index contributed by atoms with van der Waals surface area (Å²) in [5.41, 5.74) is 3.00. The van der Waals surface area contributed by atoms with Gasteiger partial charge in [0.2, 0.25) is 0 Å². The van der Waals surface area contributed by atoms with Crippen LogP contribution in [0.5, 0.6) is 5.75 Å². The van der Waals surface area contributed by atoms with Gasteiger partial charge in [-0.15, -0.1) is 0 Å². The van der Waals surface area contributed by atoms with Crippen LogP contribution in [0, 0.1) is 5.82 Å². The van der Waals surface area contributed by atoms with Gasteiger partial charge in [0.05, 0.1) is 17.1 Å². The van der Waals surface area contributed by atoms with Crippen molar-refractivity contribution in [1.82, 2.24) is 9.97 Å². The summed E-state index contributed by atoms with van der Waals surface area (Å²) in [5.74, 6) is 0.315. The molecular formula is C22H20Cl2FN3O3. The molecule has 0 aliphatic heterocycles. The summed E-state index contributed by atoms with van der Waals surface area (Å²) in [5, 5.41) is 3.77. The predicted octanol–water partition coefficient (Wildman–Crippen LogP) is 5.45. The minimum absolute atomic E-state index is 0.00695. The number of halogens is 3. The second kappa shape index (κ2) is 11.0. The van der Waals surface area contributed by atoms with Crippen LogP contribution in [0.25, 0.3) is 10.9 Å². The first-order chi connectivity index (χ1) is 15.0. The Balaban J connectivity index is 1.98. The molecule has 0 unspecified atom stereocenters. The standard InChI is InChI=1S/C22H20Cl2FN3O3/c1-2-30-7-8-31-21-12-20-17(10-14(21)9-16(29)5-6-23)22(27-13-26-20)28-15-3-4-19(25)18(24)11-15/h3-6,10-13H,2,7-9H2,1H3,(H,26,27,28)/b6-5+. The third kappa shape index (κ3) is 6.13. The van der Waals surface area contributed by atoms with Gasteiger partial charge in [-0.25, -0.2) is 14.4 Å². The molecule has 0 bridgehead atoms. The van der Waals surface area contributed by atoms with Crippen LogP contribution >= 0.6 is 23.2 Å². The number of aromatic nitrogens is 2. The van der Waals surface area contributed by atoms with Crippen LogP contribution in [-0.4, -0.2) is 35.6 Å². The van der Waals surface area contributed by atoms with E-state index in [4.69, 9.17) is 32.7 Å². The number of hydrogen-bond acceptors (Lipinski definition) is 6. The molecular weight excluding hydrogens is 444 g/mol. The first-order valence-electron chi connectivity index (χ1n) is 9.51. The second-order valence-corrected chi connectivity index (χ2v) is 7.09. The highest BCUT2D eigenvalue weighted by Crippen LogP contribution is 2.31. The van der Waals surface area contributed by atoms with E-state index in [2.05, 4.69) is 15.3 Å². The van der Waals surface area contributed by atoms with Gasteiger partial charge in [0.15, 0.2) is 5.78 Å². The average Bonchev–Trinajstić information content (AvgIpc) is 2.74. The van der Waals surface area contributed by atoms with Crippen molar-refractivity contribution in [3.8, 4) is 5.75 Å². The Bertz CT molecular complexity index is 1110. The number of carbonyl (C=O) groups excluding carboxylic acids is 1. The fourth-order valence-corrected chi connectivity index (χ4v) is 3.20. The van der Waals surface area contributed by atoms with Crippen molar-refractivity contribution in [1.29, 1.82) is 0 Å². The monoisotopic (exact) mass is 463 g/mol. The summed E-state index contributed by atoms with van der Waals surface area (Å²) in [6, 6.07) is 7.82. The van der Waals surface area contributed by atoms with Crippen molar-refractivity contribution in [3.63, 3.8) is 0 Å². The molecule has 0 saturated carbocycles. The SMILES string of the molecule is CCOCCOc1cc2ncnc(Nc3ccc(F)c(Cl)c3)c2cc1CC(=O)/C=C/Cl. The molecule has 1 N–H and O–H groups in total. The Hall–Kier alpha value is -2.74. The van der Waals surface area contributed by atoms with E-state index in [1.165, 1.54) is 30.1 Å². The average molecular weight is 464 g/mol. The number of fused-ring (bicyclic) bond motifs is 1. The molecule has 3 rings (SSSR count). The molecule has 0 radical (unpaired) electrons. The number of benzene rings is 2. The highest BCUT2D eigenvalue weighted by molar-refractivity contribution is 6.31. The smallest absolute Gasteiger partial charge is 0.161 e. The topological polar surface area (TPSA) is 73.3 Å². The number of ether oxygens (including phenoxy) is 2. The molecule has 9 heteroatoms. The van der Waals surface area contributed by atoms with Crippen molar-refractivity contribution in [2.75, 3.05) is 25.1 Å². The summed E-state index contributed by atoms with van der Waals surface area (Å²) in [7, 11) is 0. The minimum atomic E-state index is -0.512. The van der Waals surface area contributed by atoms with E-state index in [1.807, 2.05) is 6.92 Å². The van der Waals surface area contributed by atoms with E-state index < -0.39 is 5.82 Å². The lowest BCUT2D eigenvalue weighted by atomic mass is 10.0. The summed E-state index contributed by atoms with van der Waals surface area (Å²) >= 11 is 11.4. The largest absolute Gasteiger partial charge is 0.491 e. The van der Waals surface area contributed by atoms with Crippen LogP contribution in [0.4, 0.5) is 15.9 Å². The number of rotatable bonds is 10. The van der Waals surface area contributed by atoms with Crippen molar-refractivity contribution < 1.29 is 18.7 Å². The van der Waals surface area contributed by atoms with Crippen molar-refractivity contribution in [2.24, 2.45) is 0 Å². The number of ketones is 1. The molecule has 162 valence electrons. The molecule has 6 nitrogen and oxygen atoms in total. The maximum absolute atomic E-state index is 13.5. The van der Waals surface area contributed by atoms with Crippen molar-refractivity contribution >= 4 is 51.4 Å². The molecule has 1 heterocycles. The normalized spacial score (nSPS) is 11.2. The third-order valence-corrected chi connectivity index (χ3v) is 4.72. The van der Waals surface area contributed by atoms with Gasteiger partial charge in [-0.1, -0.05) is 23.2 Å². The fourth-order valence-electron chi connectivity index (χ4n) is 2.88. The Labute approximate surface area is 189 Å². The predicted molar refractivity (Wildman–Crippen MR) is 120 cm³/mol. The molecule has 1 aromatic heterocycles. The second-order valence-electron chi connectivity index (χ2n) is 6.43. The first-order valence-corrected chi connectivity index (χ1v) is 10.3. The molecule has 0 fully saturated rings. The Morgan fingerprint density at radius 2 is 2.06 bits per heavy atom. The van der Waals surface area contributed by atoms with Crippen molar-refractivity contribution in [3.05, 3.63) is 64.7 Å². The Morgan fingerprint density at radius 3 is 2.81 bits per heavy atom. The molecule has 0 aliphatic rings. The highest BCUT2D eigenvalue weighted by Gasteiger charge is 2.14. The van der Waals surface area contributed by atoms with Crippen molar-refractivity contribution in [2.45, 2.75) is 13.3 Å². The van der Waals surface area contributed by atoms with Gasteiger partial charge in [0.25, 0.3) is 0 Å². The van der Waals surface area contributed by atoms with Crippen LogP contribution in [0.15, 0.2) is 48.3 Å². The molecule has 3 aromatic rings. The molecule has 0 aliphatic carbocycles. The molecule has 2 aromatic carbocycles. The lowest BCUT2D eigenvalue weighted by molar-refractivity contribution is -0.114. The lowest BCUT2D eigenvalue weighted by Gasteiger charge is -2.14. The number of anilines is 2. The summed E-state index contributed by atoms with van der Waals surface area (Å²) < 4.78 is 24.6. The third-order valence-electron chi connectivity index (χ3n) is 4.30. The van der Waals surface area contributed by atoms with Gasteiger partial charge in [-0.3, -0.25) is 4.79 Å². The Morgan fingerprint density at radius 1 is 1.23 bits per heavy atom. The Kier molecular flexibility index (Phi) is 8.17. The van der Waals surface area contributed by atoms with Gasteiger partial charge in [-0.2, -0.15) is 0 Å². The van der Waals surface area contributed by atoms with Crippen LogP contribution in [-0.2, 0) is 16.0 Å². The zero-order chi connectivity index (χ0) is 22.2. The van der Waals surface area contributed by atoms with Crippen LogP contribution in [0.2, 0.25) is 5.02 Å². The zero-order valence-electron chi connectivity index (χ0n) is 16.7. The minimum Gasteiger partial charge on any atom is -0.491 e. The van der Waals surface area contributed by atoms with Gasteiger partial charge in [-0.05, 0) is 37.3 Å². The fraction of sp³-hybridized carbons (Fsp3) is 0.227. The number of hydrogen-bond donors (Lipinski definition) is 1. The lowest BCUT2D eigenvalue weighted by Crippen LogP contribution is -2.09. The molecule has 31 heavy (non-hydrogen) atoms. The van der Waals surface area contributed by atoms with E-state index in [9.17, 15) is 9.18 Å². The van der Waals surface area contributed by atoms with Gasteiger partial charge in [0, 0.05) is 41.3 Å². The van der Waals surface area contributed by atoms with E-state index in [1.54, 1.807) is 18.2 Å². The molecule has 0 saturated heterocycles. The van der Waals surface area contributed by atoms with Gasteiger partial charge < -0.3 is 14.8 Å². The summed E-state index contributed by atoms with van der Waals surface area (Å²) in [6.45, 7) is 3.24. The van der Waals surface area contributed by atoms with Crippen LogP contribution < -0.4 is 10.1 Å². The number of allylic oxidation sites excluding steroid dienone is 1. The van der Waals surface area contributed by atoms with Crippen LogP contribution in [0.3, 0.4) is 0 Å². The highest BCUT2D eigenvalue weighted by atomic mass is 35.5. The van der Waals surface area contributed by atoms with E-state index in [-0.39, 0.29) is 17.2 Å². The van der Waals surface area contributed by atoms with E-state index >= 15 is 0 Å². The maximum Gasteiger partial charge on any atom is 0.161 e. The van der Waals surface area contributed by atoms with E-state index in [0.717, 1.165) is 0 Å². The molecule has 0 atom stereocenters. The molecule has 0 spiro atoms. The van der Waals surface area contributed by atoms with E-state index in [0.29, 0.717) is 53.5 Å². The zero-order valence-corrected chi connectivity index (χ0v) is 18.2. The summed E-state index contributed by atoms with van der Waals surface area (Å²) in [4.78, 5) is 20.8.